The quantitative estimate of drug-likeness (QED) is 0.519. The smallest absolute Gasteiger partial charge is 0.387 e. The number of nitrogens with one attached hydrogen (secondary N) is 2. The van der Waals surface area contributed by atoms with Gasteiger partial charge in [-0.05, 0) is 36.8 Å². The van der Waals surface area contributed by atoms with Gasteiger partial charge in [-0.2, -0.15) is 8.78 Å². The summed E-state index contributed by atoms with van der Waals surface area (Å²) in [5.74, 6) is 2.14. The standard InChI is InChI=1S/C21H25F2N3O4/c1-3-24-21(26-15-6-8-17-18(12-15)29-10-4-9-28-17)25-13-14-5-7-16(27-2)19(11-14)30-20(22)23/h5-8,11-12,20H,3-4,9-10,13H2,1-2H3,(H2,24,25,26). The van der Waals surface area contributed by atoms with Crippen molar-refractivity contribution in [3.8, 4) is 23.0 Å². The molecule has 162 valence electrons. The van der Waals surface area contributed by atoms with E-state index in [1.54, 1.807) is 12.1 Å². The molecule has 0 radical (unpaired) electrons. The highest BCUT2D eigenvalue weighted by molar-refractivity contribution is 5.93. The molecule has 0 atom stereocenters. The van der Waals surface area contributed by atoms with E-state index in [-0.39, 0.29) is 18.0 Å². The average molecular weight is 421 g/mol. The van der Waals surface area contributed by atoms with Gasteiger partial charge in [0.2, 0.25) is 0 Å². The molecule has 30 heavy (non-hydrogen) atoms. The number of alkyl halides is 2. The van der Waals surface area contributed by atoms with Crippen LogP contribution in [0.25, 0.3) is 0 Å². The summed E-state index contributed by atoms with van der Waals surface area (Å²) in [6, 6.07) is 10.4. The molecule has 0 unspecified atom stereocenters. The van der Waals surface area contributed by atoms with Gasteiger partial charge in [-0.25, -0.2) is 4.99 Å². The fourth-order valence-corrected chi connectivity index (χ4v) is 2.86. The van der Waals surface area contributed by atoms with Gasteiger partial charge in [-0.15, -0.1) is 0 Å². The molecule has 0 saturated carbocycles. The molecule has 0 aliphatic carbocycles. The molecule has 7 nitrogen and oxygen atoms in total. The zero-order valence-corrected chi connectivity index (χ0v) is 16.9. The Balaban J connectivity index is 1.74. The molecular formula is C21H25F2N3O4. The number of aliphatic imine (C=N–C) groups is 1. The Kier molecular flexibility index (Phi) is 7.53. The Bertz CT molecular complexity index is 877. The third kappa shape index (κ3) is 5.88. The van der Waals surface area contributed by atoms with Crippen LogP contribution in [0.3, 0.4) is 0 Å². The molecule has 0 amide bonds. The topological polar surface area (TPSA) is 73.3 Å². The molecule has 1 aliphatic heterocycles. The maximum Gasteiger partial charge on any atom is 0.387 e. The lowest BCUT2D eigenvalue weighted by molar-refractivity contribution is -0.0512. The van der Waals surface area contributed by atoms with E-state index in [9.17, 15) is 8.78 Å². The van der Waals surface area contributed by atoms with Crippen LogP contribution in [0.15, 0.2) is 41.4 Å². The summed E-state index contributed by atoms with van der Waals surface area (Å²) in [4.78, 5) is 4.52. The van der Waals surface area contributed by atoms with Gasteiger partial charge in [0.25, 0.3) is 0 Å². The van der Waals surface area contributed by atoms with Crippen LogP contribution in [0.5, 0.6) is 23.0 Å². The molecular weight excluding hydrogens is 396 g/mol. The molecule has 1 aliphatic rings. The minimum atomic E-state index is -2.93. The summed E-state index contributed by atoms with van der Waals surface area (Å²) < 4.78 is 46.2. The van der Waals surface area contributed by atoms with Gasteiger partial charge in [0, 0.05) is 24.7 Å². The molecule has 2 aromatic rings. The lowest BCUT2D eigenvalue weighted by Gasteiger charge is -2.14. The van der Waals surface area contributed by atoms with Crippen LogP contribution in [-0.4, -0.2) is 39.4 Å². The van der Waals surface area contributed by atoms with Gasteiger partial charge in [0.1, 0.15) is 0 Å². The molecule has 0 spiro atoms. The third-order valence-corrected chi connectivity index (χ3v) is 4.22. The highest BCUT2D eigenvalue weighted by Crippen LogP contribution is 2.32. The van der Waals surface area contributed by atoms with Gasteiger partial charge in [-0.1, -0.05) is 6.07 Å². The second-order valence-electron chi connectivity index (χ2n) is 6.40. The van der Waals surface area contributed by atoms with Gasteiger partial charge in [0.15, 0.2) is 29.0 Å². The predicted octanol–water partition coefficient (Wildman–Crippen LogP) is 4.04. The van der Waals surface area contributed by atoms with E-state index in [0.29, 0.717) is 42.8 Å². The van der Waals surface area contributed by atoms with Crippen LogP contribution in [0.4, 0.5) is 14.5 Å². The summed E-state index contributed by atoms with van der Waals surface area (Å²) in [5.41, 5.74) is 1.48. The van der Waals surface area contributed by atoms with Crippen LogP contribution >= 0.6 is 0 Å². The normalized spacial score (nSPS) is 13.6. The van der Waals surface area contributed by atoms with E-state index in [1.807, 2.05) is 25.1 Å². The molecule has 0 saturated heterocycles. The number of halogens is 2. The lowest BCUT2D eigenvalue weighted by Crippen LogP contribution is -2.30. The number of benzene rings is 2. The van der Waals surface area contributed by atoms with Gasteiger partial charge >= 0.3 is 6.61 Å². The molecule has 2 N–H and O–H groups in total. The van der Waals surface area contributed by atoms with Crippen molar-refractivity contribution < 1.29 is 27.7 Å². The van der Waals surface area contributed by atoms with Gasteiger partial charge in [0.05, 0.1) is 26.9 Å². The van der Waals surface area contributed by atoms with E-state index < -0.39 is 6.61 Å². The number of anilines is 1. The zero-order chi connectivity index (χ0) is 21.3. The molecule has 9 heteroatoms. The summed E-state index contributed by atoms with van der Waals surface area (Å²) in [6.07, 6.45) is 0.834. The number of nitrogens with zero attached hydrogens (tertiary/aromatic N) is 1. The van der Waals surface area contributed by atoms with Crippen molar-refractivity contribution in [1.82, 2.24) is 5.32 Å². The summed E-state index contributed by atoms with van der Waals surface area (Å²) in [7, 11) is 1.40. The second kappa shape index (κ2) is 10.5. The van der Waals surface area contributed by atoms with Gasteiger partial charge in [-0.3, -0.25) is 0 Å². The van der Waals surface area contributed by atoms with Crippen LogP contribution in [0, 0.1) is 0 Å². The van der Waals surface area contributed by atoms with Crippen molar-refractivity contribution in [2.75, 3.05) is 32.2 Å². The minimum Gasteiger partial charge on any atom is -0.493 e. The van der Waals surface area contributed by atoms with Crippen molar-refractivity contribution in [3.05, 3.63) is 42.0 Å². The van der Waals surface area contributed by atoms with Crippen molar-refractivity contribution in [1.29, 1.82) is 0 Å². The van der Waals surface area contributed by atoms with E-state index in [0.717, 1.165) is 12.1 Å². The molecule has 3 rings (SSSR count). The molecule has 0 bridgehead atoms. The number of hydrogen-bond acceptors (Lipinski definition) is 5. The zero-order valence-electron chi connectivity index (χ0n) is 16.9. The van der Waals surface area contributed by atoms with Crippen molar-refractivity contribution in [2.24, 2.45) is 4.99 Å². The number of methoxy groups -OCH3 is 1. The highest BCUT2D eigenvalue weighted by Gasteiger charge is 2.13. The first kappa shape index (κ1) is 21.5. The first-order valence-electron chi connectivity index (χ1n) is 9.65. The minimum absolute atomic E-state index is 0.0268. The van der Waals surface area contributed by atoms with E-state index in [4.69, 9.17) is 14.2 Å². The van der Waals surface area contributed by atoms with E-state index >= 15 is 0 Å². The van der Waals surface area contributed by atoms with Crippen LogP contribution in [-0.2, 0) is 6.54 Å². The van der Waals surface area contributed by atoms with Crippen LogP contribution < -0.4 is 29.6 Å². The summed E-state index contributed by atoms with van der Waals surface area (Å²) in [6.45, 7) is 1.15. The summed E-state index contributed by atoms with van der Waals surface area (Å²) >= 11 is 0. The maximum absolute atomic E-state index is 12.6. The molecule has 0 fully saturated rings. The molecule has 1 heterocycles. The van der Waals surface area contributed by atoms with Gasteiger partial charge < -0.3 is 29.6 Å². The SMILES string of the molecule is CCNC(=NCc1ccc(OC)c(OC(F)F)c1)Nc1ccc2c(c1)OCCCO2. The number of fused-ring (bicyclic) bond motifs is 1. The van der Waals surface area contributed by atoms with Crippen molar-refractivity contribution in [3.63, 3.8) is 0 Å². The van der Waals surface area contributed by atoms with Crippen molar-refractivity contribution in [2.45, 2.75) is 26.5 Å². The van der Waals surface area contributed by atoms with E-state index in [1.165, 1.54) is 13.2 Å². The van der Waals surface area contributed by atoms with Crippen molar-refractivity contribution >= 4 is 11.6 Å². The Hall–Kier alpha value is -3.23. The molecule has 0 aromatic heterocycles. The second-order valence-corrected chi connectivity index (χ2v) is 6.40. The van der Waals surface area contributed by atoms with Crippen LogP contribution in [0.2, 0.25) is 0 Å². The molecule has 2 aromatic carbocycles. The third-order valence-electron chi connectivity index (χ3n) is 4.22. The first-order valence-corrected chi connectivity index (χ1v) is 9.65. The van der Waals surface area contributed by atoms with E-state index in [2.05, 4.69) is 20.4 Å². The monoisotopic (exact) mass is 421 g/mol. The number of hydrogen-bond donors (Lipinski definition) is 2. The highest BCUT2D eigenvalue weighted by atomic mass is 19.3. The lowest BCUT2D eigenvalue weighted by atomic mass is 10.2. The first-order chi connectivity index (χ1) is 14.6. The maximum atomic E-state index is 12.6. The fourth-order valence-electron chi connectivity index (χ4n) is 2.86. The predicted molar refractivity (Wildman–Crippen MR) is 110 cm³/mol. The largest absolute Gasteiger partial charge is 0.493 e. The fraction of sp³-hybridized carbons (Fsp3) is 0.381. The number of rotatable bonds is 7. The summed E-state index contributed by atoms with van der Waals surface area (Å²) in [5, 5.41) is 6.37. The number of ether oxygens (including phenoxy) is 4. The Labute approximate surface area is 174 Å². The Morgan fingerprint density at radius 1 is 1.10 bits per heavy atom. The Morgan fingerprint density at radius 3 is 2.63 bits per heavy atom. The average Bonchev–Trinajstić information content (AvgIpc) is 2.97. The van der Waals surface area contributed by atoms with Crippen LogP contribution in [0.1, 0.15) is 18.9 Å². The Morgan fingerprint density at radius 2 is 1.90 bits per heavy atom. The number of guanidine groups is 1.